The molecule has 0 aromatic heterocycles. The first-order chi connectivity index (χ1) is 9.24. The first kappa shape index (κ1) is 14.1. The van der Waals surface area contributed by atoms with Gasteiger partial charge in [0.15, 0.2) is 0 Å². The molecule has 0 bridgehead atoms. The molecule has 0 aliphatic heterocycles. The molecule has 19 heavy (non-hydrogen) atoms. The van der Waals surface area contributed by atoms with E-state index in [0.29, 0.717) is 0 Å². The minimum atomic E-state index is 1.18. The second kappa shape index (κ2) is 7.30. The van der Waals surface area contributed by atoms with Crippen LogP contribution in [0.5, 0.6) is 0 Å². The molecule has 0 aliphatic rings. The summed E-state index contributed by atoms with van der Waals surface area (Å²) in [6.45, 7) is 4.16. The van der Waals surface area contributed by atoms with Crippen LogP contribution in [0.2, 0.25) is 0 Å². The minimum absolute atomic E-state index is 1.18. The summed E-state index contributed by atoms with van der Waals surface area (Å²) in [7, 11) is 0. The van der Waals surface area contributed by atoms with Gasteiger partial charge in [0.2, 0.25) is 0 Å². The van der Waals surface area contributed by atoms with E-state index < -0.39 is 0 Å². The third kappa shape index (κ3) is 5.04. The lowest BCUT2D eigenvalue weighted by molar-refractivity contribution is 1.41. The van der Waals surface area contributed by atoms with Gasteiger partial charge in [0, 0.05) is 9.79 Å². The molecule has 2 aromatic carbocycles. The molecule has 0 nitrogen and oxygen atoms in total. The molecular formula is C17H16S2. The summed E-state index contributed by atoms with van der Waals surface area (Å²) in [4.78, 5) is 2.49. The van der Waals surface area contributed by atoms with Crippen molar-refractivity contribution < 1.29 is 0 Å². The van der Waals surface area contributed by atoms with Gasteiger partial charge in [-0.15, -0.1) is 0 Å². The average Bonchev–Trinajstić information content (AvgIpc) is 2.40. The molecule has 0 saturated carbocycles. The van der Waals surface area contributed by atoms with Crippen molar-refractivity contribution in [1.29, 1.82) is 0 Å². The number of thioether (sulfide) groups is 2. The zero-order valence-corrected chi connectivity index (χ0v) is 12.7. The van der Waals surface area contributed by atoms with Crippen molar-refractivity contribution in [3.63, 3.8) is 0 Å². The number of benzene rings is 2. The van der Waals surface area contributed by atoms with E-state index in [1.165, 1.54) is 19.6 Å². The molecule has 2 heteroatoms. The maximum Gasteiger partial charge on any atom is 0.0920 e. The maximum atomic E-state index is 3.44. The van der Waals surface area contributed by atoms with E-state index in [2.05, 4.69) is 68.1 Å². The fraction of sp³-hybridized carbons (Fsp3) is 0.118. The van der Waals surface area contributed by atoms with Crippen LogP contribution in [-0.4, -0.2) is 0 Å². The Labute approximate surface area is 123 Å². The zero-order valence-electron chi connectivity index (χ0n) is 11.1. The molecule has 96 valence electrons. The Morgan fingerprint density at radius 3 is 1.53 bits per heavy atom. The Bertz CT molecular complexity index is 532. The van der Waals surface area contributed by atoms with Gasteiger partial charge in [-0.2, -0.15) is 0 Å². The molecule has 0 atom stereocenters. The van der Waals surface area contributed by atoms with E-state index in [-0.39, 0.29) is 0 Å². The second-order valence-electron chi connectivity index (χ2n) is 4.24. The lowest BCUT2D eigenvalue weighted by atomic mass is 10.4. The monoisotopic (exact) mass is 284 g/mol. The van der Waals surface area contributed by atoms with Gasteiger partial charge in [0.25, 0.3) is 0 Å². The van der Waals surface area contributed by atoms with Crippen LogP contribution in [0.15, 0.2) is 86.0 Å². The van der Waals surface area contributed by atoms with Gasteiger partial charge in [-0.3, -0.25) is 0 Å². The third-order valence-electron chi connectivity index (χ3n) is 2.26. The molecule has 0 fully saturated rings. The number of hydrogen-bond donors (Lipinski definition) is 0. The van der Waals surface area contributed by atoms with Gasteiger partial charge in [-0.25, -0.2) is 0 Å². The predicted molar refractivity (Wildman–Crippen MR) is 86.5 cm³/mol. The summed E-state index contributed by atoms with van der Waals surface area (Å²) in [5, 5.41) is 0. The molecule has 0 heterocycles. The number of rotatable bonds is 4. The number of allylic oxidation sites excluding steroid dienone is 1. The Balaban J connectivity index is 2.21. The molecule has 0 radical (unpaired) electrons. The highest BCUT2D eigenvalue weighted by atomic mass is 32.2. The van der Waals surface area contributed by atoms with E-state index >= 15 is 0 Å². The molecule has 0 saturated heterocycles. The van der Waals surface area contributed by atoms with Crippen LogP contribution in [0, 0.1) is 0 Å². The molecule has 0 amide bonds. The second-order valence-corrected chi connectivity index (χ2v) is 6.67. The predicted octanol–water partition coefficient (Wildman–Crippen LogP) is 5.98. The lowest BCUT2D eigenvalue weighted by Crippen LogP contribution is -1.74. The van der Waals surface area contributed by atoms with Crippen molar-refractivity contribution in [2.24, 2.45) is 0 Å². The Morgan fingerprint density at radius 1 is 0.737 bits per heavy atom. The van der Waals surface area contributed by atoms with Gasteiger partial charge in [0.1, 0.15) is 0 Å². The van der Waals surface area contributed by atoms with Gasteiger partial charge in [-0.1, -0.05) is 65.7 Å². The van der Waals surface area contributed by atoms with Crippen LogP contribution in [0.4, 0.5) is 0 Å². The van der Waals surface area contributed by atoms with E-state index in [1.807, 2.05) is 12.1 Å². The zero-order chi connectivity index (χ0) is 13.5. The molecule has 2 rings (SSSR count). The van der Waals surface area contributed by atoms with Crippen molar-refractivity contribution in [1.82, 2.24) is 0 Å². The lowest BCUT2D eigenvalue weighted by Gasteiger charge is -2.05. The van der Waals surface area contributed by atoms with Crippen LogP contribution >= 0.6 is 23.5 Å². The van der Waals surface area contributed by atoms with Crippen molar-refractivity contribution in [3.05, 3.63) is 76.2 Å². The van der Waals surface area contributed by atoms with Crippen LogP contribution in [0.1, 0.15) is 13.8 Å². The molecule has 0 aliphatic carbocycles. The summed E-state index contributed by atoms with van der Waals surface area (Å²) >= 11 is 3.52. The molecule has 0 unspecified atom stereocenters. The molecule has 0 spiro atoms. The highest BCUT2D eigenvalue weighted by Crippen LogP contribution is 2.38. The highest BCUT2D eigenvalue weighted by Gasteiger charge is 2.03. The third-order valence-corrected chi connectivity index (χ3v) is 4.35. The van der Waals surface area contributed by atoms with Crippen molar-refractivity contribution in [3.8, 4) is 0 Å². The van der Waals surface area contributed by atoms with E-state index in [4.69, 9.17) is 0 Å². The van der Waals surface area contributed by atoms with Crippen LogP contribution < -0.4 is 0 Å². The first-order valence-electron chi connectivity index (χ1n) is 6.14. The van der Waals surface area contributed by atoms with E-state index in [1.54, 1.807) is 23.5 Å². The van der Waals surface area contributed by atoms with Gasteiger partial charge in [-0.05, 0) is 43.7 Å². The number of hydrogen-bond acceptors (Lipinski definition) is 2. The summed E-state index contributed by atoms with van der Waals surface area (Å²) in [5.41, 5.74) is 4.63. The van der Waals surface area contributed by atoms with Crippen LogP contribution in [0.25, 0.3) is 0 Å². The van der Waals surface area contributed by atoms with Crippen molar-refractivity contribution in [2.75, 3.05) is 0 Å². The van der Waals surface area contributed by atoms with Gasteiger partial charge >= 0.3 is 0 Å². The van der Waals surface area contributed by atoms with E-state index in [9.17, 15) is 0 Å². The molecule has 0 N–H and O–H groups in total. The summed E-state index contributed by atoms with van der Waals surface area (Å²) in [5.74, 6) is 0. The van der Waals surface area contributed by atoms with Crippen molar-refractivity contribution >= 4 is 23.5 Å². The summed E-state index contributed by atoms with van der Waals surface area (Å²) < 4.78 is 1.18. The standard InChI is InChI=1S/C17H16S2/c1-14(2)13-17(18-15-9-5-3-6-10-15)19-16-11-7-4-8-12-16/h3-12H,1-2H3. The Kier molecular flexibility index (Phi) is 5.41. The SMILES string of the molecule is CC(C)=C=C(Sc1ccccc1)Sc1ccccc1. The van der Waals surface area contributed by atoms with Gasteiger partial charge < -0.3 is 0 Å². The topological polar surface area (TPSA) is 0 Å². The van der Waals surface area contributed by atoms with Crippen molar-refractivity contribution in [2.45, 2.75) is 23.6 Å². The Hall–Kier alpha value is -1.34. The maximum absolute atomic E-state index is 3.44. The normalized spacial score (nSPS) is 9.79. The fourth-order valence-corrected chi connectivity index (χ4v) is 3.74. The highest BCUT2D eigenvalue weighted by molar-refractivity contribution is 8.22. The summed E-state index contributed by atoms with van der Waals surface area (Å²) in [6.07, 6.45) is 0. The summed E-state index contributed by atoms with van der Waals surface area (Å²) in [6, 6.07) is 20.9. The van der Waals surface area contributed by atoms with Gasteiger partial charge in [0.05, 0.1) is 4.24 Å². The molecular weight excluding hydrogens is 268 g/mol. The average molecular weight is 284 g/mol. The fourth-order valence-electron chi connectivity index (χ4n) is 1.47. The van der Waals surface area contributed by atoms with E-state index in [0.717, 1.165) is 0 Å². The quantitative estimate of drug-likeness (QED) is 0.500. The smallest absolute Gasteiger partial charge is 0.0920 e. The molecule has 2 aromatic rings. The largest absolute Gasteiger partial charge is 0.0998 e. The minimum Gasteiger partial charge on any atom is -0.0998 e. The van der Waals surface area contributed by atoms with Crippen LogP contribution in [-0.2, 0) is 0 Å². The Morgan fingerprint density at radius 2 is 1.16 bits per heavy atom. The van der Waals surface area contributed by atoms with Crippen LogP contribution in [0.3, 0.4) is 0 Å². The first-order valence-corrected chi connectivity index (χ1v) is 7.77.